The lowest BCUT2D eigenvalue weighted by atomic mass is 10.1. The van der Waals surface area contributed by atoms with Crippen LogP contribution >= 0.6 is 0 Å². The van der Waals surface area contributed by atoms with Gasteiger partial charge in [0.1, 0.15) is 5.75 Å². The van der Waals surface area contributed by atoms with Crippen LogP contribution in [-0.4, -0.2) is 37.8 Å². The molecule has 0 radical (unpaired) electrons. The summed E-state index contributed by atoms with van der Waals surface area (Å²) < 4.78 is 45.1. The fraction of sp³-hybridized carbons (Fsp3) is 0.571. The SMILES string of the molecule is COCC(CCO)NC(C)c1ccc(OC(F)(F)F)cc1. The van der Waals surface area contributed by atoms with Crippen LogP contribution in [0.5, 0.6) is 5.75 Å². The van der Waals surface area contributed by atoms with Crippen molar-refractivity contribution in [1.82, 2.24) is 5.32 Å². The Balaban J connectivity index is 2.63. The number of hydrogen-bond acceptors (Lipinski definition) is 4. The van der Waals surface area contributed by atoms with Gasteiger partial charge in [0, 0.05) is 25.8 Å². The highest BCUT2D eigenvalue weighted by molar-refractivity contribution is 5.29. The number of hydrogen-bond donors (Lipinski definition) is 2. The van der Waals surface area contributed by atoms with Crippen molar-refractivity contribution in [2.75, 3.05) is 20.3 Å². The summed E-state index contributed by atoms with van der Waals surface area (Å²) in [5.74, 6) is -0.248. The van der Waals surface area contributed by atoms with E-state index in [2.05, 4.69) is 10.1 Å². The van der Waals surface area contributed by atoms with Crippen molar-refractivity contribution in [3.8, 4) is 5.75 Å². The summed E-state index contributed by atoms with van der Waals surface area (Å²) in [4.78, 5) is 0. The molecule has 7 heteroatoms. The molecule has 0 bridgehead atoms. The maximum Gasteiger partial charge on any atom is 0.573 e. The van der Waals surface area contributed by atoms with Gasteiger partial charge in [-0.1, -0.05) is 12.1 Å². The molecule has 0 saturated carbocycles. The quantitative estimate of drug-likeness (QED) is 0.775. The number of alkyl halides is 3. The zero-order valence-corrected chi connectivity index (χ0v) is 12.0. The molecule has 120 valence electrons. The lowest BCUT2D eigenvalue weighted by Crippen LogP contribution is -2.36. The first-order chi connectivity index (χ1) is 9.85. The first kappa shape index (κ1) is 17.7. The molecule has 0 saturated heterocycles. The fourth-order valence-electron chi connectivity index (χ4n) is 1.98. The smallest absolute Gasteiger partial charge is 0.406 e. The van der Waals surface area contributed by atoms with E-state index >= 15 is 0 Å². The number of aliphatic hydroxyl groups is 1. The van der Waals surface area contributed by atoms with Crippen molar-refractivity contribution in [2.24, 2.45) is 0 Å². The van der Waals surface area contributed by atoms with Crippen LogP contribution in [0.25, 0.3) is 0 Å². The normalized spacial score (nSPS) is 14.8. The summed E-state index contributed by atoms with van der Waals surface area (Å²) in [6.07, 6.45) is -4.15. The molecule has 0 heterocycles. The summed E-state index contributed by atoms with van der Waals surface area (Å²) in [5.41, 5.74) is 0.823. The Morgan fingerprint density at radius 1 is 1.24 bits per heavy atom. The molecule has 0 aliphatic rings. The molecule has 4 nitrogen and oxygen atoms in total. The highest BCUT2D eigenvalue weighted by Crippen LogP contribution is 2.24. The van der Waals surface area contributed by atoms with E-state index in [1.54, 1.807) is 19.2 Å². The van der Waals surface area contributed by atoms with Gasteiger partial charge in [0.05, 0.1) is 6.61 Å². The number of benzene rings is 1. The Morgan fingerprint density at radius 2 is 1.86 bits per heavy atom. The van der Waals surface area contributed by atoms with Crippen LogP contribution in [0.3, 0.4) is 0 Å². The number of rotatable bonds is 8. The largest absolute Gasteiger partial charge is 0.573 e. The molecule has 1 aromatic carbocycles. The third kappa shape index (κ3) is 6.79. The molecule has 0 fully saturated rings. The van der Waals surface area contributed by atoms with Crippen LogP contribution < -0.4 is 10.1 Å². The Hall–Kier alpha value is -1.31. The molecule has 0 aromatic heterocycles. The standard InChI is InChI=1S/C14H20F3NO3/c1-10(18-12(7-8-19)9-20-2)11-3-5-13(6-4-11)21-14(15,16)17/h3-6,10,12,18-19H,7-9H2,1-2H3. The van der Waals surface area contributed by atoms with Crippen LogP contribution in [0.15, 0.2) is 24.3 Å². The molecule has 2 unspecified atom stereocenters. The Bertz CT molecular complexity index is 403. The molecular formula is C14H20F3NO3. The van der Waals surface area contributed by atoms with Gasteiger partial charge < -0.3 is 19.9 Å². The lowest BCUT2D eigenvalue weighted by molar-refractivity contribution is -0.274. The van der Waals surface area contributed by atoms with Crippen molar-refractivity contribution in [2.45, 2.75) is 31.8 Å². The van der Waals surface area contributed by atoms with Gasteiger partial charge in [-0.3, -0.25) is 0 Å². The highest BCUT2D eigenvalue weighted by atomic mass is 19.4. The minimum atomic E-state index is -4.68. The van der Waals surface area contributed by atoms with E-state index in [0.29, 0.717) is 13.0 Å². The van der Waals surface area contributed by atoms with E-state index in [1.807, 2.05) is 6.92 Å². The number of nitrogens with one attached hydrogen (secondary N) is 1. The van der Waals surface area contributed by atoms with E-state index in [4.69, 9.17) is 9.84 Å². The predicted molar refractivity (Wildman–Crippen MR) is 72.0 cm³/mol. The molecule has 1 rings (SSSR count). The van der Waals surface area contributed by atoms with Gasteiger partial charge in [-0.05, 0) is 31.0 Å². The maximum atomic E-state index is 12.1. The van der Waals surface area contributed by atoms with Crippen LogP contribution in [0.2, 0.25) is 0 Å². The van der Waals surface area contributed by atoms with Crippen molar-refractivity contribution in [1.29, 1.82) is 0 Å². The van der Waals surface area contributed by atoms with E-state index in [1.165, 1.54) is 12.1 Å². The van der Waals surface area contributed by atoms with Crippen molar-refractivity contribution in [3.05, 3.63) is 29.8 Å². The van der Waals surface area contributed by atoms with E-state index in [-0.39, 0.29) is 24.4 Å². The number of methoxy groups -OCH3 is 1. The predicted octanol–water partition coefficient (Wildman–Crippen LogP) is 2.63. The number of ether oxygens (including phenoxy) is 2. The minimum absolute atomic E-state index is 0.0268. The molecule has 0 spiro atoms. The summed E-state index contributed by atoms with van der Waals surface area (Å²) in [7, 11) is 1.57. The second-order valence-corrected chi connectivity index (χ2v) is 4.67. The van der Waals surface area contributed by atoms with Gasteiger partial charge in [0.15, 0.2) is 0 Å². The average molecular weight is 307 g/mol. The second-order valence-electron chi connectivity index (χ2n) is 4.67. The van der Waals surface area contributed by atoms with Crippen molar-refractivity contribution >= 4 is 0 Å². The first-order valence-electron chi connectivity index (χ1n) is 6.57. The van der Waals surface area contributed by atoms with Gasteiger partial charge >= 0.3 is 6.36 Å². The van der Waals surface area contributed by atoms with E-state index < -0.39 is 6.36 Å². The van der Waals surface area contributed by atoms with Crippen LogP contribution in [0.4, 0.5) is 13.2 Å². The topological polar surface area (TPSA) is 50.7 Å². The number of halogens is 3. The summed E-state index contributed by atoms with van der Waals surface area (Å²) >= 11 is 0. The fourth-order valence-corrected chi connectivity index (χ4v) is 1.98. The third-order valence-corrected chi connectivity index (χ3v) is 2.94. The van der Waals surface area contributed by atoms with E-state index in [0.717, 1.165) is 5.56 Å². The molecule has 1 aromatic rings. The Kier molecular flexibility index (Phi) is 6.94. The average Bonchev–Trinajstić information content (AvgIpc) is 2.38. The zero-order valence-electron chi connectivity index (χ0n) is 12.0. The summed E-state index contributed by atoms with van der Waals surface area (Å²) in [6, 6.07) is 5.58. The zero-order chi connectivity index (χ0) is 15.9. The van der Waals surface area contributed by atoms with Crippen LogP contribution in [-0.2, 0) is 4.74 Å². The van der Waals surface area contributed by atoms with Gasteiger partial charge in [0.2, 0.25) is 0 Å². The highest BCUT2D eigenvalue weighted by Gasteiger charge is 2.31. The second kappa shape index (κ2) is 8.21. The molecule has 0 amide bonds. The number of aliphatic hydroxyl groups excluding tert-OH is 1. The summed E-state index contributed by atoms with van der Waals surface area (Å²) in [5, 5.41) is 12.2. The first-order valence-corrected chi connectivity index (χ1v) is 6.57. The molecule has 2 N–H and O–H groups in total. The molecule has 0 aliphatic heterocycles. The molecular weight excluding hydrogens is 287 g/mol. The summed E-state index contributed by atoms with van der Waals surface area (Å²) in [6.45, 7) is 2.37. The van der Waals surface area contributed by atoms with E-state index in [9.17, 15) is 13.2 Å². The van der Waals surface area contributed by atoms with Gasteiger partial charge in [-0.15, -0.1) is 13.2 Å². The lowest BCUT2D eigenvalue weighted by Gasteiger charge is -2.22. The Labute approximate surface area is 121 Å². The molecule has 2 atom stereocenters. The molecule has 0 aliphatic carbocycles. The van der Waals surface area contributed by atoms with Gasteiger partial charge in [-0.2, -0.15) is 0 Å². The third-order valence-electron chi connectivity index (χ3n) is 2.94. The van der Waals surface area contributed by atoms with Crippen LogP contribution in [0, 0.1) is 0 Å². The maximum absolute atomic E-state index is 12.1. The van der Waals surface area contributed by atoms with Crippen LogP contribution in [0.1, 0.15) is 24.9 Å². The minimum Gasteiger partial charge on any atom is -0.406 e. The van der Waals surface area contributed by atoms with Gasteiger partial charge in [0.25, 0.3) is 0 Å². The monoisotopic (exact) mass is 307 g/mol. The van der Waals surface area contributed by atoms with Gasteiger partial charge in [-0.25, -0.2) is 0 Å². The van der Waals surface area contributed by atoms with Crippen molar-refractivity contribution < 1.29 is 27.8 Å². The van der Waals surface area contributed by atoms with Crippen molar-refractivity contribution in [3.63, 3.8) is 0 Å². The molecule has 21 heavy (non-hydrogen) atoms. The Morgan fingerprint density at radius 3 is 2.33 bits per heavy atom.